The third-order valence-corrected chi connectivity index (χ3v) is 6.90. The van der Waals surface area contributed by atoms with Gasteiger partial charge in [-0.2, -0.15) is 0 Å². The highest BCUT2D eigenvalue weighted by Crippen LogP contribution is 2.29. The van der Waals surface area contributed by atoms with Crippen LogP contribution in [0.25, 0.3) is 0 Å². The van der Waals surface area contributed by atoms with Crippen LogP contribution in [0.3, 0.4) is 0 Å². The van der Waals surface area contributed by atoms with Crippen LogP contribution in [0.2, 0.25) is 0 Å². The Labute approximate surface area is 129 Å². The second-order valence-electron chi connectivity index (χ2n) is 6.13. The molecule has 2 rings (SSSR count). The molecule has 1 aromatic rings. The Morgan fingerprint density at radius 2 is 1.81 bits per heavy atom. The summed E-state index contributed by atoms with van der Waals surface area (Å²) in [4.78, 5) is 0.486. The zero-order chi connectivity index (χ0) is 15.5. The van der Waals surface area contributed by atoms with Crippen LogP contribution >= 0.6 is 0 Å². The maximum atomic E-state index is 13.0. The topological polar surface area (TPSA) is 46.2 Å². The zero-order valence-electron chi connectivity index (χ0n) is 13.4. The number of nitrogens with one attached hydrogen (secondary N) is 1. The van der Waals surface area contributed by atoms with Crippen molar-refractivity contribution in [1.29, 1.82) is 0 Å². The molecule has 0 radical (unpaired) electrons. The predicted molar refractivity (Wildman–Crippen MR) is 87.4 cm³/mol. The number of hydrogen-bond acceptors (Lipinski definition) is 3. The van der Waals surface area contributed by atoms with E-state index in [0.29, 0.717) is 4.90 Å². The molecule has 2 atom stereocenters. The number of rotatable bonds is 4. The Bertz CT molecular complexity index is 580. The van der Waals surface area contributed by atoms with E-state index >= 15 is 0 Å². The average Bonchev–Trinajstić information content (AvgIpc) is 2.68. The first-order valence-electron chi connectivity index (χ1n) is 8.01. The summed E-state index contributed by atoms with van der Waals surface area (Å²) >= 11 is 0. The van der Waals surface area contributed by atoms with E-state index in [1.54, 1.807) is 6.07 Å². The van der Waals surface area contributed by atoms with Crippen LogP contribution in [0, 0.1) is 13.8 Å². The van der Waals surface area contributed by atoms with Gasteiger partial charge in [-0.15, -0.1) is 0 Å². The third-order valence-electron chi connectivity index (χ3n) is 4.62. The Balaban J connectivity index is 2.36. The fourth-order valence-corrected chi connectivity index (χ4v) is 5.30. The summed E-state index contributed by atoms with van der Waals surface area (Å²) in [6, 6.07) is 5.61. The average molecular weight is 309 g/mol. The number of sulfone groups is 1. The van der Waals surface area contributed by atoms with E-state index in [2.05, 4.69) is 5.32 Å². The first kappa shape index (κ1) is 16.5. The van der Waals surface area contributed by atoms with Crippen LogP contribution in [0.4, 0.5) is 0 Å². The lowest BCUT2D eigenvalue weighted by molar-refractivity contribution is 0.460. The zero-order valence-corrected chi connectivity index (χ0v) is 14.2. The van der Waals surface area contributed by atoms with Gasteiger partial charge in [-0.05, 0) is 56.5 Å². The molecule has 21 heavy (non-hydrogen) atoms. The van der Waals surface area contributed by atoms with E-state index in [9.17, 15) is 8.42 Å². The van der Waals surface area contributed by atoms with Crippen LogP contribution < -0.4 is 5.32 Å². The molecule has 1 aromatic carbocycles. The molecule has 0 aromatic heterocycles. The van der Waals surface area contributed by atoms with E-state index in [-0.39, 0.29) is 11.3 Å². The van der Waals surface area contributed by atoms with Crippen molar-refractivity contribution in [2.75, 3.05) is 6.54 Å². The second-order valence-corrected chi connectivity index (χ2v) is 8.30. The third kappa shape index (κ3) is 3.67. The molecule has 1 saturated carbocycles. The molecular formula is C17H27NO2S. The van der Waals surface area contributed by atoms with E-state index < -0.39 is 9.84 Å². The Morgan fingerprint density at radius 1 is 1.10 bits per heavy atom. The molecule has 4 heteroatoms. The summed E-state index contributed by atoms with van der Waals surface area (Å²) in [6.07, 6.45) is 5.00. The van der Waals surface area contributed by atoms with Crippen molar-refractivity contribution < 1.29 is 8.42 Å². The molecule has 0 amide bonds. The Morgan fingerprint density at radius 3 is 2.48 bits per heavy atom. The van der Waals surface area contributed by atoms with Gasteiger partial charge in [0.1, 0.15) is 0 Å². The quantitative estimate of drug-likeness (QED) is 0.867. The molecule has 0 saturated heterocycles. The number of hydrogen-bond donors (Lipinski definition) is 1. The lowest BCUT2D eigenvalue weighted by Crippen LogP contribution is -2.43. The van der Waals surface area contributed by atoms with Crippen molar-refractivity contribution in [1.82, 2.24) is 5.32 Å². The summed E-state index contributed by atoms with van der Waals surface area (Å²) < 4.78 is 26.1. The molecule has 1 N–H and O–H groups in total. The van der Waals surface area contributed by atoms with Gasteiger partial charge in [0.05, 0.1) is 10.1 Å². The van der Waals surface area contributed by atoms with Gasteiger partial charge in [-0.1, -0.05) is 32.3 Å². The van der Waals surface area contributed by atoms with Gasteiger partial charge in [0.25, 0.3) is 0 Å². The first-order valence-corrected chi connectivity index (χ1v) is 9.56. The molecule has 3 nitrogen and oxygen atoms in total. The molecule has 1 fully saturated rings. The van der Waals surface area contributed by atoms with Crippen molar-refractivity contribution in [2.24, 2.45) is 0 Å². The van der Waals surface area contributed by atoms with Gasteiger partial charge in [0, 0.05) is 6.04 Å². The summed E-state index contributed by atoms with van der Waals surface area (Å²) in [6.45, 7) is 6.86. The van der Waals surface area contributed by atoms with Gasteiger partial charge in [-0.3, -0.25) is 0 Å². The van der Waals surface area contributed by atoms with Crippen LogP contribution in [0.5, 0.6) is 0 Å². The normalized spacial score (nSPS) is 23.8. The van der Waals surface area contributed by atoms with E-state index in [0.717, 1.165) is 49.8 Å². The Hall–Kier alpha value is -0.870. The first-order chi connectivity index (χ1) is 9.96. The van der Waals surface area contributed by atoms with Crippen molar-refractivity contribution in [2.45, 2.75) is 69.1 Å². The number of aryl methyl sites for hydroxylation is 2. The lowest BCUT2D eigenvalue weighted by Gasteiger charge is -2.26. The van der Waals surface area contributed by atoms with E-state index in [4.69, 9.17) is 0 Å². The highest BCUT2D eigenvalue weighted by Gasteiger charge is 2.35. The maximum absolute atomic E-state index is 13.0. The molecular weight excluding hydrogens is 282 g/mol. The highest BCUT2D eigenvalue weighted by molar-refractivity contribution is 7.92. The molecule has 0 spiro atoms. The molecule has 0 bridgehead atoms. The fourth-order valence-electron chi connectivity index (χ4n) is 3.21. The lowest BCUT2D eigenvalue weighted by atomic mass is 10.1. The van der Waals surface area contributed by atoms with E-state index in [1.807, 2.05) is 32.9 Å². The highest BCUT2D eigenvalue weighted by atomic mass is 32.2. The molecule has 0 aliphatic heterocycles. The minimum atomic E-state index is -3.26. The largest absolute Gasteiger partial charge is 0.313 e. The predicted octanol–water partition coefficient (Wildman–Crippen LogP) is 3.39. The van der Waals surface area contributed by atoms with Crippen molar-refractivity contribution in [3.8, 4) is 0 Å². The Kier molecular flexibility index (Phi) is 5.44. The summed E-state index contributed by atoms with van der Waals surface area (Å²) in [5, 5.41) is 3.11. The van der Waals surface area contributed by atoms with Crippen LogP contribution in [-0.4, -0.2) is 26.3 Å². The van der Waals surface area contributed by atoms with Crippen molar-refractivity contribution >= 4 is 9.84 Å². The number of benzene rings is 1. The minimum Gasteiger partial charge on any atom is -0.313 e. The van der Waals surface area contributed by atoms with Crippen LogP contribution in [0.15, 0.2) is 23.1 Å². The van der Waals surface area contributed by atoms with Gasteiger partial charge in [-0.25, -0.2) is 8.42 Å². The van der Waals surface area contributed by atoms with Crippen LogP contribution in [0.1, 0.15) is 50.2 Å². The maximum Gasteiger partial charge on any atom is 0.182 e. The monoisotopic (exact) mass is 309 g/mol. The molecule has 118 valence electrons. The molecule has 0 heterocycles. The van der Waals surface area contributed by atoms with Crippen molar-refractivity contribution in [3.05, 3.63) is 29.3 Å². The summed E-state index contributed by atoms with van der Waals surface area (Å²) in [7, 11) is -3.26. The summed E-state index contributed by atoms with van der Waals surface area (Å²) in [5.74, 6) is 0. The van der Waals surface area contributed by atoms with E-state index in [1.165, 1.54) is 0 Å². The minimum absolute atomic E-state index is 0.0871. The summed E-state index contributed by atoms with van der Waals surface area (Å²) in [5.41, 5.74) is 2.18. The molecule has 1 aliphatic carbocycles. The van der Waals surface area contributed by atoms with Gasteiger partial charge < -0.3 is 5.32 Å². The van der Waals surface area contributed by atoms with Gasteiger partial charge in [0.2, 0.25) is 0 Å². The smallest absolute Gasteiger partial charge is 0.182 e. The van der Waals surface area contributed by atoms with Crippen molar-refractivity contribution in [3.63, 3.8) is 0 Å². The fraction of sp³-hybridized carbons (Fsp3) is 0.647. The van der Waals surface area contributed by atoms with Gasteiger partial charge in [0.15, 0.2) is 9.84 Å². The second kappa shape index (κ2) is 6.93. The van der Waals surface area contributed by atoms with Crippen LogP contribution in [-0.2, 0) is 9.84 Å². The van der Waals surface area contributed by atoms with Gasteiger partial charge >= 0.3 is 0 Å². The molecule has 1 aliphatic rings. The SMILES string of the molecule is CCNC1CCCCCC1S(=O)(=O)c1ccc(C)c(C)c1. The standard InChI is InChI=1S/C17H27NO2S/c1-4-18-16-8-6-5-7-9-17(16)21(19,20)15-11-10-13(2)14(3)12-15/h10-12,16-18H,4-9H2,1-3H3. The molecule has 2 unspecified atom stereocenters.